The first-order chi connectivity index (χ1) is 13.3. The van der Waals surface area contributed by atoms with E-state index in [2.05, 4.69) is 5.16 Å². The molecule has 8 heteroatoms. The molecule has 1 amide bonds. The molecule has 0 N–H and O–H groups in total. The Kier molecular flexibility index (Phi) is 4.53. The summed E-state index contributed by atoms with van der Waals surface area (Å²) in [6.45, 7) is 3.86. The number of hydrogen-bond acceptors (Lipinski definition) is 4. The molecule has 1 aliphatic heterocycles. The van der Waals surface area contributed by atoms with Gasteiger partial charge in [-0.3, -0.25) is 4.79 Å². The third-order valence-corrected chi connectivity index (χ3v) is 6.02. The summed E-state index contributed by atoms with van der Waals surface area (Å²) in [7, 11) is 0. The molecule has 28 heavy (non-hydrogen) atoms. The van der Waals surface area contributed by atoms with Crippen molar-refractivity contribution in [2.75, 3.05) is 6.54 Å². The number of carbonyl (C=O) groups is 1. The fraction of sp³-hybridized carbons (Fsp3) is 0.300. The van der Waals surface area contributed by atoms with Crippen LogP contribution in [0.3, 0.4) is 0 Å². The van der Waals surface area contributed by atoms with Crippen LogP contribution < -0.4 is 0 Å². The van der Waals surface area contributed by atoms with Gasteiger partial charge in [-0.2, -0.15) is 13.2 Å². The van der Waals surface area contributed by atoms with Crippen LogP contribution in [0.1, 0.15) is 49.4 Å². The second-order valence-corrected chi connectivity index (χ2v) is 7.77. The molecule has 0 bridgehead atoms. The Morgan fingerprint density at radius 1 is 1.21 bits per heavy atom. The molecule has 0 spiro atoms. The minimum Gasteiger partial charge on any atom is -0.361 e. The smallest absolute Gasteiger partial charge is 0.361 e. The summed E-state index contributed by atoms with van der Waals surface area (Å²) in [4.78, 5) is 16.1. The summed E-state index contributed by atoms with van der Waals surface area (Å²) in [5.41, 5.74) is 1.81. The lowest BCUT2D eigenvalue weighted by Crippen LogP contribution is -2.40. The van der Waals surface area contributed by atoms with Gasteiger partial charge >= 0.3 is 6.18 Å². The van der Waals surface area contributed by atoms with Gasteiger partial charge in [-0.05, 0) is 55.0 Å². The van der Waals surface area contributed by atoms with Crippen molar-refractivity contribution >= 4 is 17.2 Å². The first-order valence-electron chi connectivity index (χ1n) is 8.74. The normalized spacial score (nSPS) is 16.9. The zero-order chi connectivity index (χ0) is 20.1. The maximum atomic E-state index is 13.3. The van der Waals surface area contributed by atoms with Crippen LogP contribution >= 0.6 is 11.3 Å². The number of nitrogens with zero attached hydrogens (tertiary/aromatic N) is 2. The molecule has 4 rings (SSSR count). The minimum absolute atomic E-state index is 0.224. The highest BCUT2D eigenvalue weighted by atomic mass is 32.1. The van der Waals surface area contributed by atoms with E-state index in [1.54, 1.807) is 30.1 Å². The zero-order valence-corrected chi connectivity index (χ0v) is 16.0. The van der Waals surface area contributed by atoms with Crippen LogP contribution in [-0.4, -0.2) is 22.5 Å². The van der Waals surface area contributed by atoms with Crippen LogP contribution in [0.4, 0.5) is 13.2 Å². The third-order valence-electron chi connectivity index (χ3n) is 5.03. The van der Waals surface area contributed by atoms with Gasteiger partial charge in [-0.25, -0.2) is 0 Å². The standard InChI is InChI=1S/C20H17F3N2O2S/c1-11-17(12(2)27-24-11)19(26)25-9-7-16-15(8-10-28-16)18(25)13-3-5-14(6-4-13)20(21,22)23/h3-6,8,10,18H,7,9H2,1-2H3/t18-/m0/s1. The molecule has 1 atom stereocenters. The highest BCUT2D eigenvalue weighted by molar-refractivity contribution is 7.10. The van der Waals surface area contributed by atoms with E-state index in [-0.39, 0.29) is 5.91 Å². The van der Waals surface area contributed by atoms with E-state index in [1.165, 1.54) is 12.1 Å². The van der Waals surface area contributed by atoms with Crippen molar-refractivity contribution in [1.29, 1.82) is 0 Å². The van der Waals surface area contributed by atoms with Gasteiger partial charge in [0.25, 0.3) is 5.91 Å². The van der Waals surface area contributed by atoms with Crippen molar-refractivity contribution in [2.45, 2.75) is 32.5 Å². The molecule has 3 heterocycles. The average Bonchev–Trinajstić information content (AvgIpc) is 3.26. The number of halogens is 3. The number of benzene rings is 1. The summed E-state index contributed by atoms with van der Waals surface area (Å²) in [5, 5.41) is 5.81. The number of amides is 1. The predicted molar refractivity (Wildman–Crippen MR) is 98.3 cm³/mol. The molecule has 0 saturated heterocycles. The van der Waals surface area contributed by atoms with Crippen LogP contribution in [-0.2, 0) is 12.6 Å². The summed E-state index contributed by atoms with van der Waals surface area (Å²) in [6, 6.07) is 6.53. The summed E-state index contributed by atoms with van der Waals surface area (Å²) in [6.07, 6.45) is -3.69. The Bertz CT molecular complexity index is 1000. The molecule has 3 aromatic rings. The Morgan fingerprint density at radius 2 is 1.93 bits per heavy atom. The first kappa shape index (κ1) is 18.7. The molecule has 0 unspecified atom stereocenters. The molecule has 1 aromatic carbocycles. The number of thiophene rings is 1. The van der Waals surface area contributed by atoms with Gasteiger partial charge < -0.3 is 9.42 Å². The van der Waals surface area contributed by atoms with Gasteiger partial charge in [0.15, 0.2) is 0 Å². The molecular weight excluding hydrogens is 389 g/mol. The average molecular weight is 406 g/mol. The molecule has 0 saturated carbocycles. The van der Waals surface area contributed by atoms with Gasteiger partial charge in [-0.1, -0.05) is 17.3 Å². The molecule has 2 aromatic heterocycles. The lowest BCUT2D eigenvalue weighted by Gasteiger charge is -2.36. The number of fused-ring (bicyclic) bond motifs is 1. The largest absolute Gasteiger partial charge is 0.416 e. The highest BCUT2D eigenvalue weighted by Crippen LogP contribution is 2.40. The lowest BCUT2D eigenvalue weighted by molar-refractivity contribution is -0.137. The zero-order valence-electron chi connectivity index (χ0n) is 15.2. The van der Waals surface area contributed by atoms with E-state index < -0.39 is 17.8 Å². The van der Waals surface area contributed by atoms with Crippen LogP contribution in [0.25, 0.3) is 0 Å². The molecule has 4 nitrogen and oxygen atoms in total. The monoisotopic (exact) mass is 406 g/mol. The van der Waals surface area contributed by atoms with Crippen LogP contribution in [0.5, 0.6) is 0 Å². The Balaban J connectivity index is 1.78. The van der Waals surface area contributed by atoms with E-state index in [4.69, 9.17) is 4.52 Å². The first-order valence-corrected chi connectivity index (χ1v) is 9.62. The van der Waals surface area contributed by atoms with Crippen molar-refractivity contribution in [3.63, 3.8) is 0 Å². The van der Waals surface area contributed by atoms with E-state index in [0.29, 0.717) is 35.5 Å². The molecule has 146 valence electrons. The SMILES string of the molecule is Cc1noc(C)c1C(=O)N1CCc2sccc2[C@@H]1c1ccc(C(F)(F)F)cc1. The number of aromatic nitrogens is 1. The third kappa shape index (κ3) is 3.11. The summed E-state index contributed by atoms with van der Waals surface area (Å²) < 4.78 is 44.0. The number of rotatable bonds is 2. The van der Waals surface area contributed by atoms with Gasteiger partial charge in [0.1, 0.15) is 11.3 Å². The van der Waals surface area contributed by atoms with E-state index in [1.807, 2.05) is 11.4 Å². The topological polar surface area (TPSA) is 46.3 Å². The lowest BCUT2D eigenvalue weighted by atomic mass is 9.92. The van der Waals surface area contributed by atoms with E-state index in [0.717, 1.165) is 22.6 Å². The van der Waals surface area contributed by atoms with E-state index in [9.17, 15) is 18.0 Å². The van der Waals surface area contributed by atoms with Crippen LogP contribution in [0, 0.1) is 13.8 Å². The molecule has 0 radical (unpaired) electrons. The van der Waals surface area contributed by atoms with Gasteiger partial charge in [-0.15, -0.1) is 11.3 Å². The molecular formula is C20H17F3N2O2S. The van der Waals surface area contributed by atoms with Gasteiger partial charge in [0, 0.05) is 11.4 Å². The maximum absolute atomic E-state index is 13.3. The molecule has 1 aliphatic rings. The van der Waals surface area contributed by atoms with Gasteiger partial charge in [0.05, 0.1) is 17.3 Å². The molecule has 0 fully saturated rings. The Labute approximate surface area is 163 Å². The van der Waals surface area contributed by atoms with Crippen molar-refractivity contribution < 1.29 is 22.5 Å². The Morgan fingerprint density at radius 3 is 2.54 bits per heavy atom. The number of alkyl halides is 3. The van der Waals surface area contributed by atoms with Crippen molar-refractivity contribution in [3.05, 3.63) is 74.3 Å². The van der Waals surface area contributed by atoms with Crippen LogP contribution in [0.2, 0.25) is 0 Å². The Hall–Kier alpha value is -2.61. The predicted octanol–water partition coefficient (Wildman–Crippen LogP) is 5.16. The minimum atomic E-state index is -4.40. The second kappa shape index (κ2) is 6.77. The quantitative estimate of drug-likeness (QED) is 0.591. The van der Waals surface area contributed by atoms with E-state index >= 15 is 0 Å². The van der Waals surface area contributed by atoms with Crippen molar-refractivity contribution in [3.8, 4) is 0 Å². The number of hydrogen-bond donors (Lipinski definition) is 0. The second-order valence-electron chi connectivity index (χ2n) is 6.77. The molecule has 0 aliphatic carbocycles. The number of carbonyl (C=O) groups excluding carboxylic acids is 1. The van der Waals surface area contributed by atoms with Crippen molar-refractivity contribution in [2.24, 2.45) is 0 Å². The summed E-state index contributed by atoms with van der Waals surface area (Å²) in [5.74, 6) is 0.211. The maximum Gasteiger partial charge on any atom is 0.416 e. The highest BCUT2D eigenvalue weighted by Gasteiger charge is 2.36. The number of aryl methyl sites for hydroxylation is 2. The fourth-order valence-electron chi connectivity index (χ4n) is 3.68. The fourth-order valence-corrected chi connectivity index (χ4v) is 4.58. The van der Waals surface area contributed by atoms with Crippen molar-refractivity contribution in [1.82, 2.24) is 10.1 Å². The van der Waals surface area contributed by atoms with Gasteiger partial charge in [0.2, 0.25) is 0 Å². The van der Waals surface area contributed by atoms with Crippen LogP contribution in [0.15, 0.2) is 40.2 Å². The summed E-state index contributed by atoms with van der Waals surface area (Å²) >= 11 is 1.60.